The third-order valence-electron chi connectivity index (χ3n) is 2.76. The first-order valence-electron chi connectivity index (χ1n) is 6.56. The van der Waals surface area contributed by atoms with Gasteiger partial charge in [-0.1, -0.05) is 22.4 Å². The maximum atomic E-state index is 12.3. The molecule has 1 aromatic carbocycles. The molecule has 0 aliphatic rings. The van der Waals surface area contributed by atoms with E-state index in [-0.39, 0.29) is 5.75 Å². The van der Waals surface area contributed by atoms with Gasteiger partial charge in [-0.2, -0.15) is 20.5 Å². The van der Waals surface area contributed by atoms with Crippen molar-refractivity contribution in [1.82, 2.24) is 5.32 Å². The van der Waals surface area contributed by atoms with Gasteiger partial charge in [-0.15, -0.1) is 0 Å². The topological polar surface area (TPSA) is 21.3 Å². The van der Waals surface area contributed by atoms with E-state index in [2.05, 4.69) is 32.2 Å². The van der Waals surface area contributed by atoms with Gasteiger partial charge in [0.1, 0.15) is 5.75 Å². The van der Waals surface area contributed by atoms with E-state index in [1.54, 1.807) is 18.2 Å². The number of nitrogens with one attached hydrogen (secondary N) is 1. The highest BCUT2D eigenvalue weighted by Crippen LogP contribution is 2.24. The summed E-state index contributed by atoms with van der Waals surface area (Å²) in [6, 6.07) is 5.06. The zero-order valence-electron chi connectivity index (χ0n) is 11.5. The molecule has 1 rings (SSSR count). The van der Waals surface area contributed by atoms with Crippen molar-refractivity contribution in [2.45, 2.75) is 32.4 Å². The molecule has 0 aliphatic carbocycles. The van der Waals surface area contributed by atoms with E-state index in [1.807, 2.05) is 11.8 Å². The van der Waals surface area contributed by atoms with Crippen molar-refractivity contribution in [3.8, 4) is 5.75 Å². The first kappa shape index (κ1) is 17.7. The Morgan fingerprint density at radius 3 is 2.80 bits per heavy atom. The molecule has 0 saturated carbocycles. The van der Waals surface area contributed by atoms with Gasteiger partial charge < -0.3 is 10.1 Å². The number of hydrogen-bond acceptors (Lipinski definition) is 3. The van der Waals surface area contributed by atoms with E-state index in [0.29, 0.717) is 6.54 Å². The van der Waals surface area contributed by atoms with Crippen molar-refractivity contribution in [2.24, 2.45) is 0 Å². The molecule has 0 fully saturated rings. The number of ether oxygens (including phenoxy) is 1. The lowest BCUT2D eigenvalue weighted by Gasteiger charge is -2.12. The summed E-state index contributed by atoms with van der Waals surface area (Å²) in [5, 5.41) is 3.27. The third-order valence-corrected chi connectivity index (χ3v) is 3.95. The lowest BCUT2D eigenvalue weighted by Crippen LogP contribution is -2.16. The lowest BCUT2D eigenvalue weighted by molar-refractivity contribution is -0.0505. The summed E-state index contributed by atoms with van der Waals surface area (Å²) in [6.07, 6.45) is 5.61. The van der Waals surface area contributed by atoms with Crippen LogP contribution in [-0.4, -0.2) is 25.2 Å². The Kier molecular flexibility index (Phi) is 9.22. The molecule has 0 saturated heterocycles. The van der Waals surface area contributed by atoms with E-state index in [0.717, 1.165) is 23.0 Å². The molecule has 0 aliphatic heterocycles. The van der Waals surface area contributed by atoms with E-state index >= 15 is 0 Å². The first-order valence-corrected chi connectivity index (χ1v) is 8.75. The molecule has 1 aromatic rings. The van der Waals surface area contributed by atoms with Crippen molar-refractivity contribution in [3.63, 3.8) is 0 Å². The van der Waals surface area contributed by atoms with E-state index in [1.165, 1.54) is 18.6 Å². The molecule has 0 spiro atoms. The number of rotatable bonds is 10. The summed E-state index contributed by atoms with van der Waals surface area (Å²) in [5.74, 6) is 1.43. The summed E-state index contributed by atoms with van der Waals surface area (Å²) >= 11 is 5.20. The molecular formula is C14H20BrF2NOS. The average molecular weight is 368 g/mol. The number of benzene rings is 1. The lowest BCUT2D eigenvalue weighted by atomic mass is 10.2. The fraction of sp³-hybridized carbons (Fsp3) is 0.571. The van der Waals surface area contributed by atoms with Gasteiger partial charge in [0, 0.05) is 16.6 Å². The predicted molar refractivity (Wildman–Crippen MR) is 84.7 cm³/mol. The molecule has 0 bridgehead atoms. The Bertz CT molecular complexity index is 393. The van der Waals surface area contributed by atoms with E-state index in [4.69, 9.17) is 0 Å². The van der Waals surface area contributed by atoms with Gasteiger partial charge in [0.15, 0.2) is 0 Å². The van der Waals surface area contributed by atoms with Crippen LogP contribution >= 0.6 is 27.7 Å². The molecule has 0 radical (unpaired) electrons. The van der Waals surface area contributed by atoms with Crippen LogP contribution < -0.4 is 10.1 Å². The highest BCUT2D eigenvalue weighted by Gasteiger charge is 2.09. The highest BCUT2D eigenvalue weighted by atomic mass is 79.9. The average Bonchev–Trinajstić information content (AvgIpc) is 2.40. The van der Waals surface area contributed by atoms with Gasteiger partial charge in [0.25, 0.3) is 0 Å². The molecule has 0 heterocycles. The van der Waals surface area contributed by atoms with Crippen LogP contribution in [0, 0.1) is 0 Å². The largest absolute Gasteiger partial charge is 0.434 e. The number of thioether (sulfide) groups is 1. The molecule has 0 atom stereocenters. The Morgan fingerprint density at radius 2 is 2.10 bits per heavy atom. The number of unbranched alkanes of at least 4 members (excludes halogenated alkanes) is 2. The quantitative estimate of drug-likeness (QED) is 0.607. The zero-order chi connectivity index (χ0) is 14.8. The van der Waals surface area contributed by atoms with Gasteiger partial charge in [0.05, 0.1) is 0 Å². The van der Waals surface area contributed by atoms with Crippen molar-refractivity contribution in [3.05, 3.63) is 28.2 Å². The molecule has 20 heavy (non-hydrogen) atoms. The van der Waals surface area contributed by atoms with Gasteiger partial charge in [-0.25, -0.2) is 0 Å². The summed E-state index contributed by atoms with van der Waals surface area (Å²) < 4.78 is 30.0. The first-order chi connectivity index (χ1) is 9.63. The highest BCUT2D eigenvalue weighted by molar-refractivity contribution is 9.10. The molecular weight excluding hydrogens is 348 g/mol. The van der Waals surface area contributed by atoms with Crippen LogP contribution in [-0.2, 0) is 6.54 Å². The standard InChI is InChI=1S/C14H20BrF2NOS/c1-20-8-4-2-3-7-18-10-11-9-12(15)5-6-13(11)19-14(16)17/h5-6,9,14,18H,2-4,7-8,10H2,1H3. The molecule has 1 N–H and O–H groups in total. The van der Waals surface area contributed by atoms with Crippen LogP contribution in [0.2, 0.25) is 0 Å². The van der Waals surface area contributed by atoms with Crippen molar-refractivity contribution < 1.29 is 13.5 Å². The van der Waals surface area contributed by atoms with Crippen molar-refractivity contribution in [2.75, 3.05) is 18.6 Å². The molecule has 0 unspecified atom stereocenters. The van der Waals surface area contributed by atoms with Gasteiger partial charge >= 0.3 is 6.61 Å². The summed E-state index contributed by atoms with van der Waals surface area (Å²) in [5.41, 5.74) is 0.740. The van der Waals surface area contributed by atoms with Crippen LogP contribution in [0.25, 0.3) is 0 Å². The maximum Gasteiger partial charge on any atom is 0.387 e. The molecule has 2 nitrogen and oxygen atoms in total. The Labute approximate surface area is 131 Å². The SMILES string of the molecule is CSCCCCCNCc1cc(Br)ccc1OC(F)F. The second-order valence-electron chi connectivity index (χ2n) is 4.36. The molecule has 0 aromatic heterocycles. The zero-order valence-corrected chi connectivity index (χ0v) is 13.9. The van der Waals surface area contributed by atoms with Crippen LogP contribution in [0.1, 0.15) is 24.8 Å². The molecule has 114 valence electrons. The Balaban J connectivity index is 2.36. The van der Waals surface area contributed by atoms with Crippen molar-refractivity contribution >= 4 is 27.7 Å². The number of alkyl halides is 2. The predicted octanol–water partition coefficient (Wildman–Crippen LogP) is 4.67. The summed E-state index contributed by atoms with van der Waals surface area (Å²) in [4.78, 5) is 0. The number of halogens is 3. The Morgan fingerprint density at radius 1 is 1.30 bits per heavy atom. The van der Waals surface area contributed by atoms with Crippen LogP contribution in [0.15, 0.2) is 22.7 Å². The fourth-order valence-corrected chi connectivity index (χ4v) is 2.69. The van der Waals surface area contributed by atoms with E-state index < -0.39 is 6.61 Å². The molecule has 6 heteroatoms. The van der Waals surface area contributed by atoms with Crippen LogP contribution in [0.4, 0.5) is 8.78 Å². The fourth-order valence-electron chi connectivity index (χ4n) is 1.79. The van der Waals surface area contributed by atoms with Crippen LogP contribution in [0.3, 0.4) is 0 Å². The Hall–Kier alpha value is -0.330. The monoisotopic (exact) mass is 367 g/mol. The second kappa shape index (κ2) is 10.4. The minimum Gasteiger partial charge on any atom is -0.434 e. The summed E-state index contributed by atoms with van der Waals surface area (Å²) in [7, 11) is 0. The van der Waals surface area contributed by atoms with Crippen LogP contribution in [0.5, 0.6) is 5.75 Å². The normalized spacial score (nSPS) is 11.1. The van der Waals surface area contributed by atoms with E-state index in [9.17, 15) is 8.78 Å². The smallest absolute Gasteiger partial charge is 0.387 e. The number of hydrogen-bond donors (Lipinski definition) is 1. The van der Waals surface area contributed by atoms with Gasteiger partial charge in [-0.05, 0) is 49.6 Å². The second-order valence-corrected chi connectivity index (χ2v) is 6.26. The van der Waals surface area contributed by atoms with Gasteiger partial charge in [0.2, 0.25) is 0 Å². The van der Waals surface area contributed by atoms with Crippen molar-refractivity contribution in [1.29, 1.82) is 0 Å². The van der Waals surface area contributed by atoms with Gasteiger partial charge in [-0.3, -0.25) is 0 Å². The minimum atomic E-state index is -2.79. The maximum absolute atomic E-state index is 12.3. The third kappa shape index (κ3) is 7.45. The summed E-state index contributed by atoms with van der Waals surface area (Å²) in [6.45, 7) is -1.37. The molecule has 0 amide bonds. The minimum absolute atomic E-state index is 0.234.